The molecule has 0 spiro atoms. The third-order valence-corrected chi connectivity index (χ3v) is 4.48. The summed E-state index contributed by atoms with van der Waals surface area (Å²) in [6.07, 6.45) is 2.51. The summed E-state index contributed by atoms with van der Waals surface area (Å²) in [6, 6.07) is 13.6. The van der Waals surface area contributed by atoms with Crippen LogP contribution in [0, 0.1) is 23.2 Å². The zero-order chi connectivity index (χ0) is 17.4. The number of para-hydroxylation sites is 1. The molecule has 0 radical (unpaired) electrons. The molecule has 1 fully saturated rings. The zero-order valence-electron chi connectivity index (χ0n) is 13.6. The maximum absolute atomic E-state index is 12.1. The predicted octanol–water partition coefficient (Wildman–Crippen LogP) is 3.34. The highest BCUT2D eigenvalue weighted by Crippen LogP contribution is 2.39. The van der Waals surface area contributed by atoms with E-state index in [0.717, 1.165) is 22.3 Å². The van der Waals surface area contributed by atoms with Crippen LogP contribution in [-0.2, 0) is 4.79 Å². The van der Waals surface area contributed by atoms with Crippen LogP contribution in [0.3, 0.4) is 0 Å². The molecule has 1 aromatic carbocycles. The molecule has 1 aliphatic carbocycles. The minimum absolute atomic E-state index is 0.144. The Hall–Kier alpha value is -3.33. The molecule has 1 saturated carbocycles. The van der Waals surface area contributed by atoms with E-state index in [1.165, 1.54) is 0 Å². The summed E-state index contributed by atoms with van der Waals surface area (Å²) >= 11 is 0. The van der Waals surface area contributed by atoms with Gasteiger partial charge in [-0.3, -0.25) is 4.79 Å². The molecule has 2 atom stereocenters. The summed E-state index contributed by atoms with van der Waals surface area (Å²) in [5.41, 5.74) is 2.65. The molecule has 1 aliphatic rings. The van der Waals surface area contributed by atoms with Crippen molar-refractivity contribution in [2.45, 2.75) is 6.42 Å². The van der Waals surface area contributed by atoms with E-state index in [2.05, 4.69) is 21.4 Å². The smallest absolute Gasteiger partial charge is 0.230 e. The largest absolute Gasteiger partial charge is 0.496 e. The highest BCUT2D eigenvalue weighted by molar-refractivity contribution is 5.98. The molecule has 2 N–H and O–H groups in total. The molecular formula is C19H16N4O2. The van der Waals surface area contributed by atoms with E-state index < -0.39 is 0 Å². The van der Waals surface area contributed by atoms with Crippen LogP contribution in [0.4, 0.5) is 5.82 Å². The van der Waals surface area contributed by atoms with Gasteiger partial charge in [-0.25, -0.2) is 4.98 Å². The Bertz CT molecular complexity index is 1000. The molecule has 2 heterocycles. The van der Waals surface area contributed by atoms with Gasteiger partial charge < -0.3 is 15.0 Å². The van der Waals surface area contributed by atoms with Crippen molar-refractivity contribution in [3.05, 3.63) is 42.6 Å². The first-order valence-electron chi connectivity index (χ1n) is 8.03. The number of H-pyrrole nitrogens is 1. The molecule has 0 saturated heterocycles. The number of hydrogen-bond acceptors (Lipinski definition) is 4. The van der Waals surface area contributed by atoms with Crippen molar-refractivity contribution >= 4 is 22.8 Å². The van der Waals surface area contributed by atoms with Gasteiger partial charge >= 0.3 is 0 Å². The lowest BCUT2D eigenvalue weighted by Crippen LogP contribution is -2.15. The highest BCUT2D eigenvalue weighted by Gasteiger charge is 2.43. The van der Waals surface area contributed by atoms with Gasteiger partial charge in [-0.2, -0.15) is 5.26 Å². The van der Waals surface area contributed by atoms with E-state index in [4.69, 9.17) is 10.00 Å². The fourth-order valence-electron chi connectivity index (χ4n) is 3.01. The van der Waals surface area contributed by atoms with Gasteiger partial charge in [0.05, 0.1) is 25.0 Å². The SMILES string of the molecule is COc1ccccc1-c1c[nH]c2nc(NC(=O)[C@@H]3C[C@@H]3C#N)ccc12. The van der Waals surface area contributed by atoms with Crippen LogP contribution >= 0.6 is 0 Å². The Labute approximate surface area is 144 Å². The Morgan fingerprint density at radius 1 is 1.32 bits per heavy atom. The number of ether oxygens (including phenoxy) is 1. The van der Waals surface area contributed by atoms with Gasteiger partial charge in [0.15, 0.2) is 0 Å². The Kier molecular flexibility index (Phi) is 3.62. The zero-order valence-corrected chi connectivity index (χ0v) is 13.6. The highest BCUT2D eigenvalue weighted by atomic mass is 16.5. The third kappa shape index (κ3) is 2.70. The first-order valence-corrected chi connectivity index (χ1v) is 8.03. The fraction of sp³-hybridized carbons (Fsp3) is 0.211. The number of benzene rings is 1. The van der Waals surface area contributed by atoms with E-state index in [1.54, 1.807) is 13.2 Å². The van der Waals surface area contributed by atoms with Gasteiger partial charge in [0.2, 0.25) is 5.91 Å². The van der Waals surface area contributed by atoms with Gasteiger partial charge in [-0.15, -0.1) is 0 Å². The molecule has 6 nitrogen and oxygen atoms in total. The standard InChI is InChI=1S/C19H16N4O2/c1-25-16-5-3-2-4-12(16)15-10-21-18-13(15)6-7-17(22-18)23-19(24)14-8-11(14)9-20/h2-7,10-11,14H,8H2,1H3,(H2,21,22,23,24)/t11-,14-/m1/s1. The van der Waals surface area contributed by atoms with Crippen molar-refractivity contribution < 1.29 is 9.53 Å². The van der Waals surface area contributed by atoms with Crippen molar-refractivity contribution in [2.75, 3.05) is 12.4 Å². The second kappa shape index (κ2) is 5.95. The number of fused-ring (bicyclic) bond motifs is 1. The maximum atomic E-state index is 12.1. The molecule has 124 valence electrons. The lowest BCUT2D eigenvalue weighted by molar-refractivity contribution is -0.117. The fourth-order valence-corrected chi connectivity index (χ4v) is 3.01. The Balaban J connectivity index is 1.63. The van der Waals surface area contributed by atoms with Crippen LogP contribution in [0.15, 0.2) is 42.6 Å². The Morgan fingerprint density at radius 2 is 2.16 bits per heavy atom. The number of aromatic amines is 1. The number of carbonyl (C=O) groups is 1. The number of nitriles is 1. The molecule has 0 aliphatic heterocycles. The number of rotatable bonds is 4. The van der Waals surface area contributed by atoms with Crippen molar-refractivity contribution in [3.63, 3.8) is 0 Å². The van der Waals surface area contributed by atoms with Crippen LogP contribution in [0.2, 0.25) is 0 Å². The molecule has 0 unspecified atom stereocenters. The molecule has 3 aromatic rings. The molecular weight excluding hydrogens is 316 g/mol. The predicted molar refractivity (Wildman–Crippen MR) is 93.9 cm³/mol. The number of carbonyl (C=O) groups excluding carboxylic acids is 1. The van der Waals surface area contributed by atoms with Gasteiger partial charge in [0.25, 0.3) is 0 Å². The van der Waals surface area contributed by atoms with Gasteiger partial charge in [0.1, 0.15) is 17.2 Å². The third-order valence-electron chi connectivity index (χ3n) is 4.48. The first kappa shape index (κ1) is 15.2. The molecule has 25 heavy (non-hydrogen) atoms. The molecule has 2 aromatic heterocycles. The van der Waals surface area contributed by atoms with Crippen LogP contribution in [-0.4, -0.2) is 23.0 Å². The number of methoxy groups -OCH3 is 1. The lowest BCUT2D eigenvalue weighted by atomic mass is 10.0. The summed E-state index contributed by atoms with van der Waals surface area (Å²) in [6.45, 7) is 0. The van der Waals surface area contributed by atoms with Crippen LogP contribution in [0.25, 0.3) is 22.2 Å². The van der Waals surface area contributed by atoms with Crippen LogP contribution in [0.5, 0.6) is 5.75 Å². The van der Waals surface area contributed by atoms with Gasteiger partial charge in [0, 0.05) is 22.7 Å². The van der Waals surface area contributed by atoms with Crippen molar-refractivity contribution in [2.24, 2.45) is 11.8 Å². The second-order valence-corrected chi connectivity index (χ2v) is 6.06. The van der Waals surface area contributed by atoms with Crippen LogP contribution in [0.1, 0.15) is 6.42 Å². The number of nitrogens with one attached hydrogen (secondary N) is 2. The van der Waals surface area contributed by atoms with Crippen molar-refractivity contribution in [3.8, 4) is 22.9 Å². The average molecular weight is 332 g/mol. The number of nitrogens with zero attached hydrogens (tertiary/aromatic N) is 2. The van der Waals surface area contributed by atoms with Gasteiger partial charge in [-0.05, 0) is 24.6 Å². The lowest BCUT2D eigenvalue weighted by Gasteiger charge is -2.07. The van der Waals surface area contributed by atoms with Crippen molar-refractivity contribution in [1.29, 1.82) is 5.26 Å². The normalized spacial score (nSPS) is 18.6. The molecule has 4 rings (SSSR count). The minimum atomic E-state index is -0.213. The average Bonchev–Trinajstić information content (AvgIpc) is 3.33. The monoisotopic (exact) mass is 332 g/mol. The van der Waals surface area contributed by atoms with E-state index in [1.807, 2.05) is 36.5 Å². The van der Waals surface area contributed by atoms with E-state index >= 15 is 0 Å². The first-order chi connectivity index (χ1) is 12.2. The van der Waals surface area contributed by atoms with Gasteiger partial charge in [-0.1, -0.05) is 18.2 Å². The summed E-state index contributed by atoms with van der Waals surface area (Å²) in [5, 5.41) is 12.6. The second-order valence-electron chi connectivity index (χ2n) is 6.06. The minimum Gasteiger partial charge on any atom is -0.496 e. The molecule has 0 bridgehead atoms. The number of aromatic nitrogens is 2. The topological polar surface area (TPSA) is 90.8 Å². The summed E-state index contributed by atoms with van der Waals surface area (Å²) in [7, 11) is 1.64. The van der Waals surface area contributed by atoms with Crippen molar-refractivity contribution in [1.82, 2.24) is 9.97 Å². The maximum Gasteiger partial charge on any atom is 0.230 e. The molecule has 6 heteroatoms. The number of hydrogen-bond donors (Lipinski definition) is 2. The van der Waals surface area contributed by atoms with E-state index in [9.17, 15) is 4.79 Å². The van der Waals surface area contributed by atoms with E-state index in [-0.39, 0.29) is 17.7 Å². The summed E-state index contributed by atoms with van der Waals surface area (Å²) < 4.78 is 5.43. The molecule has 1 amide bonds. The quantitative estimate of drug-likeness (QED) is 0.766. The van der Waals surface area contributed by atoms with Crippen LogP contribution < -0.4 is 10.1 Å². The van der Waals surface area contributed by atoms with E-state index in [0.29, 0.717) is 17.9 Å². The number of amides is 1. The summed E-state index contributed by atoms with van der Waals surface area (Å²) in [5.74, 6) is 0.753. The Morgan fingerprint density at radius 3 is 2.92 bits per heavy atom. The number of pyridine rings is 1. The summed E-state index contributed by atoms with van der Waals surface area (Å²) in [4.78, 5) is 19.7. The number of anilines is 1.